The van der Waals surface area contributed by atoms with E-state index in [0.717, 1.165) is 5.56 Å². The number of carbonyl (C=O) groups is 1. The van der Waals surface area contributed by atoms with Crippen LogP contribution in [0.5, 0.6) is 17.2 Å². The Hall–Kier alpha value is -3.33. The average molecular weight is 460 g/mol. The molecule has 0 atom stereocenters. The number of nitrogens with one attached hydrogen (secondary N) is 1. The first-order chi connectivity index (χ1) is 15.0. The first kappa shape index (κ1) is 23.3. The van der Waals surface area contributed by atoms with Crippen molar-refractivity contribution >= 4 is 21.6 Å². The highest BCUT2D eigenvalue weighted by molar-refractivity contribution is 7.91. The number of nitrogens with zero attached hydrogens (tertiary/aromatic N) is 1. The van der Waals surface area contributed by atoms with Gasteiger partial charge in [-0.05, 0) is 62.5 Å². The Bertz CT molecular complexity index is 1190. The molecule has 0 radical (unpaired) electrons. The lowest BCUT2D eigenvalue weighted by molar-refractivity contribution is 0.100. The molecule has 1 heterocycles. The molecule has 3 rings (SSSR count). The summed E-state index contributed by atoms with van der Waals surface area (Å²) >= 11 is 0. The number of nitrogens with two attached hydrogens (primary N) is 1. The molecule has 32 heavy (non-hydrogen) atoms. The molecule has 0 fully saturated rings. The summed E-state index contributed by atoms with van der Waals surface area (Å²) in [7, 11) is -1.60. The van der Waals surface area contributed by atoms with Gasteiger partial charge in [0, 0.05) is 26.0 Å². The van der Waals surface area contributed by atoms with Crippen molar-refractivity contribution in [3.05, 3.63) is 59.8 Å². The van der Waals surface area contributed by atoms with Crippen molar-refractivity contribution < 1.29 is 24.1 Å². The fourth-order valence-electron chi connectivity index (χ4n) is 3.26. The number of fused-ring (bicyclic) bond motifs is 1. The maximum absolute atomic E-state index is 12.7. The van der Waals surface area contributed by atoms with E-state index in [1.807, 2.05) is 13.8 Å². The normalized spacial score (nSPS) is 15.3. The Morgan fingerprint density at radius 1 is 1.31 bits per heavy atom. The Labute approximate surface area is 189 Å². The summed E-state index contributed by atoms with van der Waals surface area (Å²) in [6.45, 7) is 5.49. The molecule has 0 spiro atoms. The van der Waals surface area contributed by atoms with Gasteiger partial charge in [0.25, 0.3) is 5.91 Å². The summed E-state index contributed by atoms with van der Waals surface area (Å²) in [4.78, 5) is 16.8. The molecular formula is C23H29N3O5S. The monoisotopic (exact) mass is 459 g/mol. The molecule has 0 saturated carbocycles. The highest BCUT2D eigenvalue weighted by Gasteiger charge is 2.34. The number of hydrogen-bond donors (Lipinski definition) is 2. The van der Waals surface area contributed by atoms with E-state index in [1.165, 1.54) is 18.2 Å². The molecule has 172 valence electrons. The van der Waals surface area contributed by atoms with Crippen LogP contribution in [0.4, 0.5) is 0 Å². The van der Waals surface area contributed by atoms with Gasteiger partial charge in [-0.2, -0.15) is 4.99 Å². The Balaban J connectivity index is 0.00000385. The number of carbonyl (C=O) groups excluding carboxylic acids is 1. The van der Waals surface area contributed by atoms with Crippen LogP contribution in [0.3, 0.4) is 0 Å². The lowest BCUT2D eigenvalue weighted by Crippen LogP contribution is -2.24. The summed E-state index contributed by atoms with van der Waals surface area (Å²) in [5.74, 6) is 0.971. The topological polar surface area (TPSA) is 120 Å². The number of benzene rings is 2. The quantitative estimate of drug-likeness (QED) is 0.480. The Morgan fingerprint density at radius 2 is 2.00 bits per heavy atom. The lowest BCUT2D eigenvalue weighted by atomic mass is 9.99. The Morgan fingerprint density at radius 3 is 2.62 bits per heavy atom. The van der Waals surface area contributed by atoms with Gasteiger partial charge in [0.05, 0.1) is 10.6 Å². The third kappa shape index (κ3) is 5.28. The molecule has 0 aliphatic carbocycles. The van der Waals surface area contributed by atoms with Gasteiger partial charge in [0.1, 0.15) is 28.7 Å². The highest BCUT2D eigenvalue weighted by Crippen LogP contribution is 2.43. The third-order valence-electron chi connectivity index (χ3n) is 4.85. The minimum atomic E-state index is -3.31. The number of sulfone groups is 1. The van der Waals surface area contributed by atoms with E-state index < -0.39 is 21.3 Å². The minimum Gasteiger partial charge on any atom is -0.487 e. The zero-order valence-electron chi connectivity index (χ0n) is 18.5. The lowest BCUT2D eigenvalue weighted by Gasteiger charge is -2.16. The predicted octanol–water partition coefficient (Wildman–Crippen LogP) is 3.46. The van der Waals surface area contributed by atoms with Gasteiger partial charge in [0.15, 0.2) is 9.84 Å². The van der Waals surface area contributed by atoms with Crippen molar-refractivity contribution in [3.63, 3.8) is 0 Å². The SMILES string of the molecule is CCS(=O)(=O)c1ccc(Oc2cc(C(=O)N=C(N)/C=C\NC)cc3c2CC(C)(C)O3)cc1.[HH]. The maximum Gasteiger partial charge on any atom is 0.279 e. The molecule has 0 unspecified atom stereocenters. The molecule has 0 aromatic heterocycles. The van der Waals surface area contributed by atoms with E-state index in [9.17, 15) is 13.2 Å². The van der Waals surface area contributed by atoms with Crippen LogP contribution in [0.1, 0.15) is 38.1 Å². The van der Waals surface area contributed by atoms with Gasteiger partial charge in [-0.1, -0.05) is 6.92 Å². The van der Waals surface area contributed by atoms with Gasteiger partial charge in [-0.15, -0.1) is 0 Å². The van der Waals surface area contributed by atoms with E-state index in [-0.39, 0.29) is 23.5 Å². The largest absolute Gasteiger partial charge is 0.487 e. The van der Waals surface area contributed by atoms with Crippen molar-refractivity contribution in [2.24, 2.45) is 10.7 Å². The molecule has 8 nitrogen and oxygen atoms in total. The molecule has 3 N–H and O–H groups in total. The number of ether oxygens (including phenoxy) is 2. The second-order valence-corrected chi connectivity index (χ2v) is 10.2. The molecule has 1 amide bonds. The van der Waals surface area contributed by atoms with Crippen LogP contribution in [0.25, 0.3) is 0 Å². The molecule has 0 bridgehead atoms. The van der Waals surface area contributed by atoms with Gasteiger partial charge < -0.3 is 20.5 Å². The van der Waals surface area contributed by atoms with Gasteiger partial charge in [0.2, 0.25) is 0 Å². The fourth-order valence-corrected chi connectivity index (χ4v) is 4.14. The zero-order valence-corrected chi connectivity index (χ0v) is 19.3. The molecule has 2 aromatic rings. The van der Waals surface area contributed by atoms with Crippen LogP contribution in [0.15, 0.2) is 58.6 Å². The summed E-state index contributed by atoms with van der Waals surface area (Å²) in [6, 6.07) is 9.41. The number of hydrogen-bond acceptors (Lipinski definition) is 6. The summed E-state index contributed by atoms with van der Waals surface area (Å²) in [6.07, 6.45) is 3.64. The minimum absolute atomic E-state index is 0. The molecule has 0 saturated heterocycles. The van der Waals surface area contributed by atoms with Crippen molar-refractivity contribution in [2.75, 3.05) is 12.8 Å². The number of amidine groups is 1. The average Bonchev–Trinajstić information content (AvgIpc) is 3.06. The number of aliphatic imine (C=N–C) groups is 1. The molecule has 2 aromatic carbocycles. The number of rotatable bonds is 7. The van der Waals surface area contributed by atoms with Crippen LogP contribution in [-0.2, 0) is 16.3 Å². The van der Waals surface area contributed by atoms with Crippen molar-refractivity contribution in [1.29, 1.82) is 0 Å². The standard InChI is InChI=1S/C23H27N3O5S.H2/c1-5-32(28,29)17-8-6-16(7-9-17)30-19-12-15(22(27)26-21(24)10-11-25-4)13-20-18(19)14-23(2,3)31-20;/h6-13,25H,5,14H2,1-4H3,(H2,24,26,27);1H/b11-10-;. The second kappa shape index (κ2) is 9.04. The van der Waals surface area contributed by atoms with Gasteiger partial charge in [-0.25, -0.2) is 8.42 Å². The first-order valence-electron chi connectivity index (χ1n) is 10.1. The summed E-state index contributed by atoms with van der Waals surface area (Å²) in [5.41, 5.74) is 6.40. The van der Waals surface area contributed by atoms with Crippen LogP contribution < -0.4 is 20.5 Å². The van der Waals surface area contributed by atoms with Crippen molar-refractivity contribution in [2.45, 2.75) is 37.7 Å². The van der Waals surface area contributed by atoms with E-state index in [0.29, 0.717) is 23.7 Å². The van der Waals surface area contributed by atoms with Crippen molar-refractivity contribution in [1.82, 2.24) is 5.32 Å². The van der Waals surface area contributed by atoms with E-state index in [4.69, 9.17) is 15.2 Å². The van der Waals surface area contributed by atoms with E-state index in [1.54, 1.807) is 44.4 Å². The van der Waals surface area contributed by atoms with Crippen LogP contribution in [-0.4, -0.2) is 38.6 Å². The molecule has 1 aliphatic rings. The Kier molecular flexibility index (Phi) is 6.59. The first-order valence-corrected chi connectivity index (χ1v) is 11.8. The second-order valence-electron chi connectivity index (χ2n) is 7.93. The van der Waals surface area contributed by atoms with Crippen LogP contribution >= 0.6 is 0 Å². The smallest absolute Gasteiger partial charge is 0.279 e. The van der Waals surface area contributed by atoms with Gasteiger partial charge in [-0.3, -0.25) is 4.79 Å². The van der Waals surface area contributed by atoms with Gasteiger partial charge >= 0.3 is 0 Å². The van der Waals surface area contributed by atoms with Crippen LogP contribution in [0, 0.1) is 0 Å². The summed E-state index contributed by atoms with van der Waals surface area (Å²) in [5, 5.41) is 2.78. The van der Waals surface area contributed by atoms with E-state index >= 15 is 0 Å². The highest BCUT2D eigenvalue weighted by atomic mass is 32.2. The summed E-state index contributed by atoms with van der Waals surface area (Å²) < 4.78 is 36.1. The fraction of sp³-hybridized carbons (Fsp3) is 0.304. The molecular weight excluding hydrogens is 430 g/mol. The number of amides is 1. The van der Waals surface area contributed by atoms with Crippen molar-refractivity contribution in [3.8, 4) is 17.2 Å². The maximum atomic E-state index is 12.7. The third-order valence-corrected chi connectivity index (χ3v) is 6.60. The zero-order chi connectivity index (χ0) is 23.5. The van der Waals surface area contributed by atoms with E-state index in [2.05, 4.69) is 10.3 Å². The molecule has 9 heteroatoms. The van der Waals surface area contributed by atoms with Crippen LogP contribution in [0.2, 0.25) is 0 Å². The predicted molar refractivity (Wildman–Crippen MR) is 125 cm³/mol. The molecule has 1 aliphatic heterocycles.